The number of carbonyl (C=O) groups excluding carboxylic acids is 1. The summed E-state index contributed by atoms with van der Waals surface area (Å²) in [7, 11) is 0. The molecule has 1 saturated heterocycles. The summed E-state index contributed by atoms with van der Waals surface area (Å²) < 4.78 is 1.49. The molecule has 8 heteroatoms. The molecule has 0 unspecified atom stereocenters. The minimum Gasteiger partial charge on any atom is -0.326 e. The summed E-state index contributed by atoms with van der Waals surface area (Å²) in [6.45, 7) is 5.20. The lowest BCUT2D eigenvalue weighted by molar-refractivity contribution is -0.385. The Kier molecular flexibility index (Phi) is 6.18. The molecule has 0 bridgehead atoms. The normalized spacial score (nSPS) is 14.9. The van der Waals surface area contributed by atoms with E-state index >= 15 is 0 Å². The number of likely N-dealkylation sites (tertiary alicyclic amines) is 1. The number of carbonyl (C=O) groups is 1. The lowest BCUT2D eigenvalue weighted by Crippen LogP contribution is -2.29. The fourth-order valence-electron chi connectivity index (χ4n) is 3.34. The second-order valence-corrected chi connectivity index (χ2v) is 6.93. The maximum Gasteiger partial charge on any atom is 0.309 e. The number of aryl methyl sites for hydroxylation is 1. The van der Waals surface area contributed by atoms with Crippen molar-refractivity contribution in [3.8, 4) is 0 Å². The van der Waals surface area contributed by atoms with Gasteiger partial charge in [-0.05, 0) is 50.6 Å². The quantitative estimate of drug-likeness (QED) is 0.596. The molecule has 1 amide bonds. The van der Waals surface area contributed by atoms with Crippen LogP contribution >= 0.6 is 0 Å². The van der Waals surface area contributed by atoms with E-state index in [0.29, 0.717) is 12.2 Å². The molecular formula is C19H25N5O3. The van der Waals surface area contributed by atoms with Gasteiger partial charge in [0, 0.05) is 18.7 Å². The van der Waals surface area contributed by atoms with Gasteiger partial charge in [-0.2, -0.15) is 5.10 Å². The van der Waals surface area contributed by atoms with Crippen molar-refractivity contribution in [3.05, 3.63) is 51.8 Å². The van der Waals surface area contributed by atoms with Crippen LogP contribution in [-0.4, -0.2) is 38.6 Å². The first-order chi connectivity index (χ1) is 13.0. The van der Waals surface area contributed by atoms with Crippen LogP contribution in [0.3, 0.4) is 0 Å². The van der Waals surface area contributed by atoms with Gasteiger partial charge in [-0.25, -0.2) is 0 Å². The minimum absolute atomic E-state index is 0.0281. The number of aromatic nitrogens is 2. The molecule has 1 aromatic carbocycles. The van der Waals surface area contributed by atoms with E-state index in [1.54, 1.807) is 6.92 Å². The number of benzene rings is 1. The highest BCUT2D eigenvalue weighted by molar-refractivity contribution is 5.90. The van der Waals surface area contributed by atoms with Gasteiger partial charge in [0.2, 0.25) is 5.91 Å². The smallest absolute Gasteiger partial charge is 0.309 e. The third kappa shape index (κ3) is 5.13. The average Bonchev–Trinajstić information content (AvgIpc) is 3.03. The molecule has 1 N–H and O–H groups in total. The number of rotatable bonds is 7. The molecule has 1 fully saturated rings. The van der Waals surface area contributed by atoms with Gasteiger partial charge in [-0.3, -0.25) is 24.5 Å². The van der Waals surface area contributed by atoms with Crippen LogP contribution in [0.1, 0.15) is 36.9 Å². The third-order valence-corrected chi connectivity index (χ3v) is 4.92. The van der Waals surface area contributed by atoms with E-state index in [0.717, 1.165) is 25.3 Å². The van der Waals surface area contributed by atoms with Crippen molar-refractivity contribution in [2.45, 2.75) is 45.7 Å². The molecule has 1 aliphatic heterocycles. The molecule has 0 saturated carbocycles. The Labute approximate surface area is 158 Å². The Hall–Kier alpha value is -2.74. The van der Waals surface area contributed by atoms with E-state index in [4.69, 9.17) is 0 Å². The van der Waals surface area contributed by atoms with Gasteiger partial charge < -0.3 is 5.32 Å². The fraction of sp³-hybridized carbons (Fsp3) is 0.474. The van der Waals surface area contributed by atoms with E-state index in [1.807, 2.05) is 24.3 Å². The Balaban J connectivity index is 1.48. The molecular weight excluding hydrogens is 346 g/mol. The molecule has 2 heterocycles. The highest BCUT2D eigenvalue weighted by atomic mass is 16.6. The zero-order valence-electron chi connectivity index (χ0n) is 15.6. The van der Waals surface area contributed by atoms with Gasteiger partial charge in [0.05, 0.1) is 11.5 Å². The third-order valence-electron chi connectivity index (χ3n) is 4.92. The van der Waals surface area contributed by atoms with Crippen molar-refractivity contribution in [3.63, 3.8) is 0 Å². The van der Waals surface area contributed by atoms with Gasteiger partial charge in [0.1, 0.15) is 11.9 Å². The zero-order chi connectivity index (χ0) is 19.2. The number of amides is 1. The van der Waals surface area contributed by atoms with Gasteiger partial charge in [-0.15, -0.1) is 0 Å². The number of nitrogens with one attached hydrogen (secondary N) is 1. The molecule has 8 nitrogen and oxygen atoms in total. The fourth-order valence-corrected chi connectivity index (χ4v) is 3.34. The molecule has 0 spiro atoms. The Bertz CT molecular complexity index is 794. The summed E-state index contributed by atoms with van der Waals surface area (Å²) in [5, 5.41) is 17.7. The molecule has 27 heavy (non-hydrogen) atoms. The predicted octanol–water partition coefficient (Wildman–Crippen LogP) is 3.11. The summed E-state index contributed by atoms with van der Waals surface area (Å²) in [5.41, 5.74) is 2.43. The SMILES string of the molecule is Cc1c([N+](=O)[O-])cnn1CCC(=O)Nc1ccc(CN2CCCCC2)cc1. The van der Waals surface area contributed by atoms with Gasteiger partial charge in [0.25, 0.3) is 0 Å². The Morgan fingerprint density at radius 2 is 1.93 bits per heavy atom. The number of nitrogens with zero attached hydrogens (tertiary/aromatic N) is 4. The summed E-state index contributed by atoms with van der Waals surface area (Å²) in [6.07, 6.45) is 5.29. The van der Waals surface area contributed by atoms with Crippen LogP contribution in [0.4, 0.5) is 11.4 Å². The molecule has 0 radical (unpaired) electrons. The number of hydrogen-bond donors (Lipinski definition) is 1. The topological polar surface area (TPSA) is 93.3 Å². The predicted molar refractivity (Wildman–Crippen MR) is 102 cm³/mol. The van der Waals surface area contributed by atoms with Gasteiger partial charge in [0.15, 0.2) is 0 Å². The van der Waals surface area contributed by atoms with Crippen LogP contribution < -0.4 is 5.32 Å². The van der Waals surface area contributed by atoms with Crippen molar-refractivity contribution in [1.82, 2.24) is 14.7 Å². The summed E-state index contributed by atoms with van der Waals surface area (Å²) in [5.74, 6) is -0.142. The summed E-state index contributed by atoms with van der Waals surface area (Å²) >= 11 is 0. The largest absolute Gasteiger partial charge is 0.326 e. The second-order valence-electron chi connectivity index (χ2n) is 6.93. The van der Waals surface area contributed by atoms with Gasteiger partial charge >= 0.3 is 5.69 Å². The molecule has 0 aliphatic carbocycles. The maximum atomic E-state index is 12.1. The first kappa shape index (κ1) is 19.0. The molecule has 0 atom stereocenters. The molecule has 1 aliphatic rings. The van der Waals surface area contributed by atoms with Crippen molar-refractivity contribution in [1.29, 1.82) is 0 Å². The van der Waals surface area contributed by atoms with Crippen LogP contribution in [0.25, 0.3) is 0 Å². The van der Waals surface area contributed by atoms with Crippen molar-refractivity contribution in [2.75, 3.05) is 18.4 Å². The minimum atomic E-state index is -0.468. The van der Waals surface area contributed by atoms with E-state index in [1.165, 1.54) is 35.7 Å². The number of anilines is 1. The van der Waals surface area contributed by atoms with E-state index in [2.05, 4.69) is 15.3 Å². The van der Waals surface area contributed by atoms with Crippen LogP contribution in [0, 0.1) is 17.0 Å². The molecule has 144 valence electrons. The molecule has 2 aromatic rings. The second kappa shape index (κ2) is 8.77. The number of nitro groups is 1. The van der Waals surface area contributed by atoms with Gasteiger partial charge in [-0.1, -0.05) is 18.6 Å². The zero-order valence-corrected chi connectivity index (χ0v) is 15.6. The van der Waals surface area contributed by atoms with Crippen molar-refractivity contribution >= 4 is 17.3 Å². The number of piperidine rings is 1. The lowest BCUT2D eigenvalue weighted by atomic mass is 10.1. The molecule has 3 rings (SSSR count). The summed E-state index contributed by atoms with van der Waals surface area (Å²) in [4.78, 5) is 25.0. The average molecular weight is 371 g/mol. The number of hydrogen-bond acceptors (Lipinski definition) is 5. The van der Waals surface area contributed by atoms with E-state index in [9.17, 15) is 14.9 Å². The molecule has 1 aromatic heterocycles. The van der Waals surface area contributed by atoms with Crippen molar-refractivity contribution in [2.24, 2.45) is 0 Å². The Morgan fingerprint density at radius 3 is 2.56 bits per heavy atom. The lowest BCUT2D eigenvalue weighted by Gasteiger charge is -2.26. The highest BCUT2D eigenvalue weighted by Gasteiger charge is 2.16. The first-order valence-corrected chi connectivity index (χ1v) is 9.31. The summed E-state index contributed by atoms with van der Waals surface area (Å²) in [6, 6.07) is 7.93. The van der Waals surface area contributed by atoms with Crippen LogP contribution in [0.5, 0.6) is 0 Å². The van der Waals surface area contributed by atoms with E-state index in [-0.39, 0.29) is 18.0 Å². The van der Waals surface area contributed by atoms with Crippen LogP contribution in [0.2, 0.25) is 0 Å². The van der Waals surface area contributed by atoms with E-state index < -0.39 is 4.92 Å². The Morgan fingerprint density at radius 1 is 1.22 bits per heavy atom. The van der Waals surface area contributed by atoms with Crippen LogP contribution in [0.15, 0.2) is 30.5 Å². The first-order valence-electron chi connectivity index (χ1n) is 9.31. The van der Waals surface area contributed by atoms with Crippen molar-refractivity contribution < 1.29 is 9.72 Å². The highest BCUT2D eigenvalue weighted by Crippen LogP contribution is 2.17. The standard InChI is InChI=1S/C19H25N5O3/c1-15-18(24(26)27)13-20-23(15)12-9-19(25)21-17-7-5-16(6-8-17)14-22-10-3-2-4-11-22/h5-8,13H,2-4,9-12,14H2,1H3,(H,21,25). The maximum absolute atomic E-state index is 12.1. The monoisotopic (exact) mass is 371 g/mol. The van der Waals surface area contributed by atoms with Crippen LogP contribution in [-0.2, 0) is 17.9 Å².